The van der Waals surface area contributed by atoms with Crippen LogP contribution in [0.2, 0.25) is 0 Å². The average molecular weight is 498 g/mol. The third kappa shape index (κ3) is 4.51. The van der Waals surface area contributed by atoms with Crippen molar-refractivity contribution in [3.05, 3.63) is 65.5 Å². The molecule has 1 saturated heterocycles. The molecule has 0 bridgehead atoms. The van der Waals surface area contributed by atoms with E-state index in [2.05, 4.69) is 21.4 Å². The third-order valence-corrected chi connectivity index (χ3v) is 7.07. The second-order valence-corrected chi connectivity index (χ2v) is 9.56. The second kappa shape index (κ2) is 9.76. The van der Waals surface area contributed by atoms with E-state index in [0.717, 1.165) is 34.4 Å². The fraction of sp³-hybridized carbons (Fsp3) is 0.222. The lowest BCUT2D eigenvalue weighted by atomic mass is 9.97. The number of hydrogen-bond acceptors (Lipinski definition) is 7. The first kappa shape index (κ1) is 23.5. The number of ether oxygens (including phenoxy) is 1. The van der Waals surface area contributed by atoms with Crippen LogP contribution in [0.15, 0.2) is 48.7 Å². The van der Waals surface area contributed by atoms with Crippen LogP contribution in [0.1, 0.15) is 40.9 Å². The summed E-state index contributed by atoms with van der Waals surface area (Å²) in [6.07, 6.45) is 4.00. The summed E-state index contributed by atoms with van der Waals surface area (Å²) >= 11 is 1.35. The van der Waals surface area contributed by atoms with Crippen LogP contribution in [0, 0.1) is 18.3 Å². The van der Waals surface area contributed by atoms with Crippen molar-refractivity contribution in [1.29, 1.82) is 5.26 Å². The molecular formula is C27H23N5O3S. The Bertz CT molecular complexity index is 1540. The highest BCUT2D eigenvalue weighted by atomic mass is 32.1. The monoisotopic (exact) mass is 497 g/mol. The number of anilines is 2. The number of nitrogens with zero attached hydrogens (tertiary/aromatic N) is 4. The van der Waals surface area contributed by atoms with Gasteiger partial charge in [-0.25, -0.2) is 4.98 Å². The number of piperidine rings is 1. The van der Waals surface area contributed by atoms with Gasteiger partial charge in [0.25, 0.3) is 5.91 Å². The Morgan fingerprint density at radius 2 is 2.03 bits per heavy atom. The Balaban J connectivity index is 1.47. The van der Waals surface area contributed by atoms with Crippen LogP contribution in [0.5, 0.6) is 5.75 Å². The van der Waals surface area contributed by atoms with Crippen molar-refractivity contribution in [2.75, 3.05) is 23.9 Å². The molecule has 1 aliphatic rings. The van der Waals surface area contributed by atoms with Crippen molar-refractivity contribution in [3.63, 3.8) is 0 Å². The number of fused-ring (bicyclic) bond motifs is 1. The Morgan fingerprint density at radius 1 is 1.17 bits per heavy atom. The number of nitrogens with one attached hydrogen (secondary N) is 1. The molecule has 8 nitrogen and oxygen atoms in total. The molecule has 1 fully saturated rings. The van der Waals surface area contributed by atoms with Gasteiger partial charge in [-0.2, -0.15) is 5.26 Å². The van der Waals surface area contributed by atoms with Crippen LogP contribution in [-0.2, 0) is 4.79 Å². The number of methoxy groups -OCH3 is 1. The van der Waals surface area contributed by atoms with Crippen molar-refractivity contribution < 1.29 is 14.3 Å². The van der Waals surface area contributed by atoms with Crippen molar-refractivity contribution in [3.8, 4) is 22.9 Å². The van der Waals surface area contributed by atoms with E-state index in [1.54, 1.807) is 31.4 Å². The summed E-state index contributed by atoms with van der Waals surface area (Å²) in [6, 6.07) is 14.7. The Kier molecular flexibility index (Phi) is 6.36. The molecule has 0 unspecified atom stereocenters. The molecule has 180 valence electrons. The van der Waals surface area contributed by atoms with Gasteiger partial charge in [0.05, 0.1) is 34.5 Å². The Morgan fingerprint density at radius 3 is 2.81 bits per heavy atom. The van der Waals surface area contributed by atoms with Gasteiger partial charge in [-0.3, -0.25) is 19.9 Å². The van der Waals surface area contributed by atoms with Gasteiger partial charge in [0.1, 0.15) is 5.75 Å². The van der Waals surface area contributed by atoms with E-state index in [1.165, 1.54) is 17.5 Å². The molecule has 0 atom stereocenters. The highest BCUT2D eigenvalue weighted by Gasteiger charge is 2.21. The van der Waals surface area contributed by atoms with Crippen molar-refractivity contribution in [1.82, 2.24) is 9.97 Å². The highest BCUT2D eigenvalue weighted by Crippen LogP contribution is 2.35. The van der Waals surface area contributed by atoms with Gasteiger partial charge >= 0.3 is 0 Å². The van der Waals surface area contributed by atoms with Crippen molar-refractivity contribution >= 4 is 44.2 Å². The lowest BCUT2D eigenvalue weighted by Crippen LogP contribution is -2.35. The number of benzene rings is 2. The number of carbonyl (C=O) groups excluding carboxylic acids is 2. The molecule has 5 rings (SSSR count). The summed E-state index contributed by atoms with van der Waals surface area (Å²) in [5, 5.41) is 12.7. The van der Waals surface area contributed by atoms with Crippen LogP contribution in [-0.4, -0.2) is 35.4 Å². The van der Waals surface area contributed by atoms with Gasteiger partial charge < -0.3 is 9.64 Å². The maximum atomic E-state index is 13.4. The van der Waals surface area contributed by atoms with Gasteiger partial charge in [0, 0.05) is 41.7 Å². The minimum absolute atomic E-state index is 0.133. The van der Waals surface area contributed by atoms with Crippen LogP contribution >= 0.6 is 11.3 Å². The molecule has 0 aliphatic carbocycles. The van der Waals surface area contributed by atoms with E-state index in [-0.39, 0.29) is 11.8 Å². The number of carbonyl (C=O) groups is 2. The van der Waals surface area contributed by atoms with E-state index < -0.39 is 0 Å². The fourth-order valence-corrected chi connectivity index (χ4v) is 5.22. The number of hydrogen-bond donors (Lipinski definition) is 1. The number of amides is 2. The van der Waals surface area contributed by atoms with Crippen LogP contribution in [0.4, 0.5) is 10.8 Å². The molecule has 2 amide bonds. The zero-order valence-corrected chi connectivity index (χ0v) is 20.7. The van der Waals surface area contributed by atoms with Gasteiger partial charge in [0.15, 0.2) is 5.13 Å². The third-order valence-electron chi connectivity index (χ3n) is 6.13. The smallest absolute Gasteiger partial charge is 0.259 e. The summed E-state index contributed by atoms with van der Waals surface area (Å²) in [6.45, 7) is 2.55. The first-order valence-electron chi connectivity index (χ1n) is 11.5. The van der Waals surface area contributed by atoms with E-state index in [1.807, 2.05) is 30.0 Å². The normalized spacial score (nSPS) is 13.5. The second-order valence-electron chi connectivity index (χ2n) is 8.53. The molecule has 9 heteroatoms. The SMILES string of the molecule is COc1ccc(C#N)cc1-c1cc(C)ncc1C(=O)Nc1nc2ccc(N3CCCCC3=O)cc2s1. The molecule has 2 aromatic heterocycles. The van der Waals surface area contributed by atoms with Crippen LogP contribution < -0.4 is 15.0 Å². The molecule has 3 heterocycles. The molecular weight excluding hydrogens is 474 g/mol. The van der Waals surface area contributed by atoms with E-state index in [4.69, 9.17) is 4.74 Å². The quantitative estimate of drug-likeness (QED) is 0.400. The zero-order chi connectivity index (χ0) is 25.2. The largest absolute Gasteiger partial charge is 0.496 e. The minimum Gasteiger partial charge on any atom is -0.496 e. The van der Waals surface area contributed by atoms with E-state index in [0.29, 0.717) is 46.1 Å². The minimum atomic E-state index is -0.368. The summed E-state index contributed by atoms with van der Waals surface area (Å²) in [4.78, 5) is 36.4. The summed E-state index contributed by atoms with van der Waals surface area (Å²) in [5.41, 5.74) is 4.37. The van der Waals surface area contributed by atoms with Crippen LogP contribution in [0.25, 0.3) is 21.3 Å². The highest BCUT2D eigenvalue weighted by molar-refractivity contribution is 7.22. The van der Waals surface area contributed by atoms with Crippen LogP contribution in [0.3, 0.4) is 0 Å². The predicted octanol–water partition coefficient (Wildman–Crippen LogP) is 5.32. The van der Waals surface area contributed by atoms with E-state index >= 15 is 0 Å². The number of thiazole rings is 1. The predicted molar refractivity (Wildman–Crippen MR) is 139 cm³/mol. The Hall–Kier alpha value is -4.29. The molecule has 4 aromatic rings. The average Bonchev–Trinajstić information content (AvgIpc) is 3.29. The molecule has 0 spiro atoms. The maximum absolute atomic E-state index is 13.4. The fourth-order valence-electron chi connectivity index (χ4n) is 4.33. The Labute approximate surface area is 212 Å². The lowest BCUT2D eigenvalue weighted by molar-refractivity contribution is -0.119. The number of aromatic nitrogens is 2. The number of nitriles is 1. The molecule has 0 radical (unpaired) electrons. The van der Waals surface area contributed by atoms with Crippen molar-refractivity contribution in [2.24, 2.45) is 0 Å². The van der Waals surface area contributed by atoms with Gasteiger partial charge in [-0.15, -0.1) is 0 Å². The molecule has 1 aliphatic heterocycles. The topological polar surface area (TPSA) is 108 Å². The molecule has 1 N–H and O–H groups in total. The first-order valence-corrected chi connectivity index (χ1v) is 12.4. The number of rotatable bonds is 5. The standard InChI is InChI=1S/C27H23N5O3S/c1-16-11-19(20-12-17(14-28)6-9-23(20)35-2)21(15-29-16)26(34)31-27-30-22-8-7-18(13-24(22)36-27)32-10-4-3-5-25(32)33/h6-9,11-13,15H,3-5,10H2,1-2H3,(H,30,31,34). The molecule has 2 aromatic carbocycles. The van der Waals surface area contributed by atoms with Crippen molar-refractivity contribution in [2.45, 2.75) is 26.2 Å². The van der Waals surface area contributed by atoms with E-state index in [9.17, 15) is 14.9 Å². The number of pyridine rings is 1. The van der Waals surface area contributed by atoms with Gasteiger partial charge in [-0.05, 0) is 62.2 Å². The number of aryl methyl sites for hydroxylation is 1. The zero-order valence-electron chi connectivity index (χ0n) is 19.9. The summed E-state index contributed by atoms with van der Waals surface area (Å²) in [7, 11) is 1.55. The summed E-state index contributed by atoms with van der Waals surface area (Å²) < 4.78 is 6.38. The molecule has 36 heavy (non-hydrogen) atoms. The molecule has 0 saturated carbocycles. The lowest BCUT2D eigenvalue weighted by Gasteiger charge is -2.26. The maximum Gasteiger partial charge on any atom is 0.259 e. The van der Waals surface area contributed by atoms with Gasteiger partial charge in [0.2, 0.25) is 5.91 Å². The summed E-state index contributed by atoms with van der Waals surface area (Å²) in [5.74, 6) is 0.315. The van der Waals surface area contributed by atoms with Gasteiger partial charge in [-0.1, -0.05) is 11.3 Å². The first-order chi connectivity index (χ1) is 17.5.